The van der Waals surface area contributed by atoms with Crippen molar-refractivity contribution in [1.29, 1.82) is 0 Å². The van der Waals surface area contributed by atoms with Gasteiger partial charge in [-0.1, -0.05) is 66.7 Å². The van der Waals surface area contributed by atoms with Gasteiger partial charge in [0.1, 0.15) is 5.75 Å². The van der Waals surface area contributed by atoms with Crippen LogP contribution in [-0.4, -0.2) is 12.5 Å². The van der Waals surface area contributed by atoms with Crippen LogP contribution in [0.25, 0.3) is 0 Å². The summed E-state index contributed by atoms with van der Waals surface area (Å²) < 4.78 is 5.62. The minimum Gasteiger partial charge on any atom is -0.484 e. The highest BCUT2D eigenvalue weighted by atomic mass is 16.5. The van der Waals surface area contributed by atoms with Crippen molar-refractivity contribution in [2.24, 2.45) is 0 Å². The highest BCUT2D eigenvalue weighted by molar-refractivity contribution is 5.94. The number of carbonyl (C=O) groups excluding carboxylic acids is 1. The molecule has 0 N–H and O–H groups in total. The van der Waals surface area contributed by atoms with Gasteiger partial charge in [-0.2, -0.15) is 0 Å². The van der Waals surface area contributed by atoms with E-state index in [0.29, 0.717) is 12.3 Å². The fourth-order valence-electron chi connectivity index (χ4n) is 2.44. The van der Waals surface area contributed by atoms with Crippen molar-refractivity contribution in [3.05, 3.63) is 96.6 Å². The van der Waals surface area contributed by atoms with E-state index in [4.69, 9.17) is 4.74 Å². The van der Waals surface area contributed by atoms with Gasteiger partial charge in [0.15, 0.2) is 6.61 Å². The third-order valence-corrected chi connectivity index (χ3v) is 3.66. The Morgan fingerprint density at radius 3 is 1.92 bits per heavy atom. The summed E-state index contributed by atoms with van der Waals surface area (Å²) in [4.78, 5) is 14.5. The summed E-state index contributed by atoms with van der Waals surface area (Å²) >= 11 is 0. The van der Waals surface area contributed by atoms with Crippen molar-refractivity contribution < 1.29 is 9.53 Å². The molecule has 3 rings (SSSR count). The van der Waals surface area contributed by atoms with Crippen LogP contribution in [-0.2, 0) is 11.3 Å². The van der Waals surface area contributed by atoms with E-state index in [1.54, 1.807) is 4.90 Å². The number of carbonyl (C=O) groups is 1. The summed E-state index contributed by atoms with van der Waals surface area (Å²) in [5.74, 6) is 0.618. The molecule has 0 atom stereocenters. The molecule has 0 saturated heterocycles. The zero-order valence-electron chi connectivity index (χ0n) is 13.3. The molecule has 3 aromatic rings. The number of ether oxygens (including phenoxy) is 1. The minimum atomic E-state index is -0.0751. The van der Waals surface area contributed by atoms with E-state index in [1.165, 1.54) is 0 Å². The van der Waals surface area contributed by atoms with Crippen LogP contribution >= 0.6 is 0 Å². The third kappa shape index (κ3) is 4.23. The second-order valence-electron chi connectivity index (χ2n) is 5.40. The maximum absolute atomic E-state index is 12.7. The average molecular weight is 317 g/mol. The summed E-state index contributed by atoms with van der Waals surface area (Å²) in [6.45, 7) is 0.521. The van der Waals surface area contributed by atoms with Gasteiger partial charge in [-0.05, 0) is 29.8 Å². The third-order valence-electron chi connectivity index (χ3n) is 3.66. The van der Waals surface area contributed by atoms with Crippen molar-refractivity contribution in [3.8, 4) is 5.75 Å². The van der Waals surface area contributed by atoms with Gasteiger partial charge in [0, 0.05) is 5.69 Å². The van der Waals surface area contributed by atoms with Gasteiger partial charge in [-0.3, -0.25) is 4.79 Å². The summed E-state index contributed by atoms with van der Waals surface area (Å²) in [7, 11) is 0. The topological polar surface area (TPSA) is 29.5 Å². The Balaban J connectivity index is 1.75. The van der Waals surface area contributed by atoms with E-state index in [1.807, 2.05) is 91.0 Å². The second-order valence-corrected chi connectivity index (χ2v) is 5.40. The van der Waals surface area contributed by atoms with Crippen LogP contribution in [0.4, 0.5) is 5.69 Å². The predicted molar refractivity (Wildman–Crippen MR) is 96.0 cm³/mol. The average Bonchev–Trinajstić information content (AvgIpc) is 2.66. The summed E-state index contributed by atoms with van der Waals surface area (Å²) in [5.41, 5.74) is 1.94. The minimum absolute atomic E-state index is 0.00570. The van der Waals surface area contributed by atoms with Gasteiger partial charge in [0.25, 0.3) is 5.91 Å². The number of hydrogen-bond acceptors (Lipinski definition) is 2. The van der Waals surface area contributed by atoms with E-state index >= 15 is 0 Å². The van der Waals surface area contributed by atoms with Gasteiger partial charge in [-0.25, -0.2) is 0 Å². The Bertz CT molecular complexity index is 758. The van der Waals surface area contributed by atoms with Gasteiger partial charge < -0.3 is 9.64 Å². The monoisotopic (exact) mass is 317 g/mol. The van der Waals surface area contributed by atoms with Crippen LogP contribution in [0.1, 0.15) is 5.56 Å². The summed E-state index contributed by atoms with van der Waals surface area (Å²) in [6, 6.07) is 29.0. The standard InChI is InChI=1S/C21H19NO2/c23-21(17-24-20-14-8-3-9-15-20)22(19-12-6-2-7-13-19)16-18-10-4-1-5-11-18/h1-15H,16-17H2. The molecule has 0 radical (unpaired) electrons. The molecule has 0 saturated carbocycles. The first kappa shape index (κ1) is 15.8. The Morgan fingerprint density at radius 2 is 1.29 bits per heavy atom. The van der Waals surface area contributed by atoms with Crippen LogP contribution in [0.15, 0.2) is 91.0 Å². The molecule has 3 nitrogen and oxygen atoms in total. The molecule has 24 heavy (non-hydrogen) atoms. The number of rotatable bonds is 6. The first-order chi connectivity index (χ1) is 11.8. The Kier molecular flexibility index (Phi) is 5.25. The quantitative estimate of drug-likeness (QED) is 0.678. The molecule has 0 spiro atoms. The number of benzene rings is 3. The fourth-order valence-corrected chi connectivity index (χ4v) is 2.44. The number of hydrogen-bond donors (Lipinski definition) is 0. The molecular formula is C21H19NO2. The van der Waals surface area contributed by atoms with Crippen molar-refractivity contribution >= 4 is 11.6 Å². The molecule has 1 amide bonds. The highest BCUT2D eigenvalue weighted by Gasteiger charge is 2.16. The SMILES string of the molecule is O=C(COc1ccccc1)N(Cc1ccccc1)c1ccccc1. The van der Waals surface area contributed by atoms with Gasteiger partial charge >= 0.3 is 0 Å². The Morgan fingerprint density at radius 1 is 0.750 bits per heavy atom. The molecular weight excluding hydrogens is 298 g/mol. The molecule has 3 aromatic carbocycles. The summed E-state index contributed by atoms with van der Waals surface area (Å²) in [6.07, 6.45) is 0. The lowest BCUT2D eigenvalue weighted by molar-refractivity contribution is -0.120. The number of anilines is 1. The van der Waals surface area contributed by atoms with Gasteiger partial charge in [0.2, 0.25) is 0 Å². The highest BCUT2D eigenvalue weighted by Crippen LogP contribution is 2.18. The van der Waals surface area contributed by atoms with E-state index in [2.05, 4.69) is 0 Å². The molecule has 0 aliphatic rings. The Labute approximate surface area is 142 Å². The molecule has 0 aliphatic heterocycles. The van der Waals surface area contributed by atoms with E-state index < -0.39 is 0 Å². The lowest BCUT2D eigenvalue weighted by Gasteiger charge is -2.23. The van der Waals surface area contributed by atoms with Crippen molar-refractivity contribution in [3.63, 3.8) is 0 Å². The van der Waals surface area contributed by atoms with Crippen LogP contribution in [0.3, 0.4) is 0 Å². The lowest BCUT2D eigenvalue weighted by atomic mass is 10.2. The van der Waals surface area contributed by atoms with E-state index in [-0.39, 0.29) is 12.5 Å². The smallest absolute Gasteiger partial charge is 0.265 e. The summed E-state index contributed by atoms with van der Waals surface area (Å²) in [5, 5.41) is 0. The van der Waals surface area contributed by atoms with Gasteiger partial charge in [0.05, 0.1) is 6.54 Å². The normalized spacial score (nSPS) is 10.2. The molecule has 0 bridgehead atoms. The Hall–Kier alpha value is -3.07. The van der Waals surface area contributed by atoms with Gasteiger partial charge in [-0.15, -0.1) is 0 Å². The van der Waals surface area contributed by atoms with Crippen molar-refractivity contribution in [1.82, 2.24) is 0 Å². The first-order valence-corrected chi connectivity index (χ1v) is 7.90. The molecule has 0 heterocycles. The maximum atomic E-state index is 12.7. The van der Waals surface area contributed by atoms with Crippen LogP contribution < -0.4 is 9.64 Å². The van der Waals surface area contributed by atoms with E-state index in [9.17, 15) is 4.79 Å². The lowest BCUT2D eigenvalue weighted by Crippen LogP contribution is -2.34. The number of amides is 1. The number of para-hydroxylation sites is 2. The van der Waals surface area contributed by atoms with Crippen molar-refractivity contribution in [2.45, 2.75) is 6.54 Å². The predicted octanol–water partition coefficient (Wildman–Crippen LogP) is 4.30. The largest absolute Gasteiger partial charge is 0.484 e. The van der Waals surface area contributed by atoms with E-state index in [0.717, 1.165) is 11.3 Å². The fraction of sp³-hybridized carbons (Fsp3) is 0.0952. The number of nitrogens with zero attached hydrogens (tertiary/aromatic N) is 1. The molecule has 0 unspecified atom stereocenters. The zero-order chi connectivity index (χ0) is 16.6. The molecule has 0 aromatic heterocycles. The molecule has 0 fully saturated rings. The first-order valence-electron chi connectivity index (χ1n) is 7.90. The maximum Gasteiger partial charge on any atom is 0.265 e. The second kappa shape index (κ2) is 7.97. The van der Waals surface area contributed by atoms with Crippen LogP contribution in [0.5, 0.6) is 5.75 Å². The molecule has 120 valence electrons. The zero-order valence-corrected chi connectivity index (χ0v) is 13.3. The van der Waals surface area contributed by atoms with Crippen LogP contribution in [0.2, 0.25) is 0 Å². The molecule has 0 aliphatic carbocycles. The van der Waals surface area contributed by atoms with Crippen molar-refractivity contribution in [2.75, 3.05) is 11.5 Å². The van der Waals surface area contributed by atoms with Crippen LogP contribution in [0, 0.1) is 0 Å². The molecule has 3 heteroatoms.